The Morgan fingerprint density at radius 1 is 1.25 bits per heavy atom. The summed E-state index contributed by atoms with van der Waals surface area (Å²) in [5, 5.41) is 9.84. The maximum absolute atomic E-state index is 12.4. The van der Waals surface area contributed by atoms with E-state index in [1.807, 2.05) is 6.07 Å². The van der Waals surface area contributed by atoms with Crippen LogP contribution in [0.4, 0.5) is 0 Å². The molecule has 1 unspecified atom stereocenters. The molecule has 0 saturated carbocycles. The Morgan fingerprint density at radius 2 is 1.90 bits per heavy atom. The highest BCUT2D eigenvalue weighted by Gasteiger charge is 2.23. The van der Waals surface area contributed by atoms with Gasteiger partial charge in [-0.1, -0.05) is 11.6 Å². The lowest BCUT2D eigenvalue weighted by atomic mass is 9.95. The minimum absolute atomic E-state index is 0.290. The Bertz CT molecular complexity index is 669. The second-order valence-corrected chi connectivity index (χ2v) is 4.85. The molecule has 0 amide bonds. The van der Waals surface area contributed by atoms with E-state index in [4.69, 9.17) is 11.6 Å². The van der Waals surface area contributed by atoms with Gasteiger partial charge in [0.1, 0.15) is 5.82 Å². The first-order valence-electron chi connectivity index (χ1n) is 6.03. The molecule has 1 heterocycles. The number of hydrogen-bond donors (Lipinski definition) is 0. The summed E-state index contributed by atoms with van der Waals surface area (Å²) < 4.78 is 0. The smallest absolute Gasteiger partial charge is 0.186 e. The average molecular weight is 286 g/mol. The second-order valence-electron chi connectivity index (χ2n) is 4.41. The molecule has 0 aliphatic rings. The zero-order valence-corrected chi connectivity index (χ0v) is 11.8. The Labute approximate surface area is 122 Å². The quantitative estimate of drug-likeness (QED) is 0.812. The summed E-state index contributed by atoms with van der Waals surface area (Å²) in [6.45, 7) is 3.54. The van der Waals surface area contributed by atoms with E-state index in [1.54, 1.807) is 44.2 Å². The highest BCUT2D eigenvalue weighted by atomic mass is 35.5. The van der Waals surface area contributed by atoms with Crippen LogP contribution in [-0.4, -0.2) is 15.8 Å². The molecule has 1 aromatic carbocycles. The van der Waals surface area contributed by atoms with E-state index in [2.05, 4.69) is 9.97 Å². The normalized spacial score (nSPS) is 11.7. The van der Waals surface area contributed by atoms with Gasteiger partial charge in [-0.05, 0) is 44.2 Å². The number of benzene rings is 1. The summed E-state index contributed by atoms with van der Waals surface area (Å²) >= 11 is 5.79. The van der Waals surface area contributed by atoms with Crippen LogP contribution in [0.15, 0.2) is 30.3 Å². The van der Waals surface area contributed by atoms with Crippen LogP contribution >= 0.6 is 11.6 Å². The van der Waals surface area contributed by atoms with E-state index in [9.17, 15) is 10.1 Å². The lowest BCUT2D eigenvalue weighted by Gasteiger charge is -2.09. The van der Waals surface area contributed by atoms with Gasteiger partial charge in [-0.25, -0.2) is 9.97 Å². The third-order valence-electron chi connectivity index (χ3n) is 2.80. The number of carbonyl (C=O) groups is 1. The summed E-state index contributed by atoms with van der Waals surface area (Å²) in [4.78, 5) is 20.7. The first-order chi connectivity index (χ1) is 9.51. The van der Waals surface area contributed by atoms with E-state index in [-0.39, 0.29) is 5.78 Å². The topological polar surface area (TPSA) is 66.6 Å². The average Bonchev–Trinajstić information content (AvgIpc) is 2.39. The molecule has 0 radical (unpaired) electrons. The molecule has 2 aromatic rings. The van der Waals surface area contributed by atoms with Crippen molar-refractivity contribution in [1.29, 1.82) is 5.26 Å². The van der Waals surface area contributed by atoms with Crippen molar-refractivity contribution in [2.45, 2.75) is 19.8 Å². The van der Waals surface area contributed by atoms with Gasteiger partial charge in [0.05, 0.1) is 11.8 Å². The van der Waals surface area contributed by atoms with Crippen molar-refractivity contribution in [3.05, 3.63) is 58.1 Å². The fourth-order valence-electron chi connectivity index (χ4n) is 1.93. The number of Topliss-reactive ketones (excluding diaryl/α,β-unsaturated/α-hetero) is 1. The Balaban J connectivity index is 2.39. The lowest BCUT2D eigenvalue weighted by molar-refractivity contribution is 0.0977. The van der Waals surface area contributed by atoms with Crippen molar-refractivity contribution in [3.8, 4) is 6.07 Å². The number of aryl methyl sites for hydroxylation is 2. The van der Waals surface area contributed by atoms with Gasteiger partial charge in [-0.15, -0.1) is 0 Å². The van der Waals surface area contributed by atoms with E-state index in [0.29, 0.717) is 22.1 Å². The predicted molar refractivity (Wildman–Crippen MR) is 75.6 cm³/mol. The molecule has 0 N–H and O–H groups in total. The van der Waals surface area contributed by atoms with Gasteiger partial charge in [0, 0.05) is 16.3 Å². The molecule has 0 aliphatic heterocycles. The molecule has 0 spiro atoms. The van der Waals surface area contributed by atoms with Crippen molar-refractivity contribution >= 4 is 17.4 Å². The molecule has 100 valence electrons. The minimum atomic E-state index is -0.934. The number of nitrogens with zero attached hydrogens (tertiary/aromatic N) is 3. The van der Waals surface area contributed by atoms with Gasteiger partial charge < -0.3 is 0 Å². The molecule has 0 aliphatic carbocycles. The molecular formula is C15H12ClN3O. The van der Waals surface area contributed by atoms with E-state index in [0.717, 1.165) is 5.69 Å². The summed E-state index contributed by atoms with van der Waals surface area (Å²) in [6, 6.07) is 10.1. The molecule has 1 atom stereocenters. The van der Waals surface area contributed by atoms with E-state index in [1.165, 1.54) is 0 Å². The number of ketones is 1. The molecule has 2 rings (SSSR count). The Morgan fingerprint density at radius 3 is 2.45 bits per heavy atom. The first-order valence-corrected chi connectivity index (χ1v) is 6.40. The molecular weight excluding hydrogens is 274 g/mol. The Kier molecular flexibility index (Phi) is 4.11. The van der Waals surface area contributed by atoms with Crippen molar-refractivity contribution < 1.29 is 4.79 Å². The van der Waals surface area contributed by atoms with Gasteiger partial charge >= 0.3 is 0 Å². The maximum Gasteiger partial charge on any atom is 0.186 e. The zero-order valence-electron chi connectivity index (χ0n) is 11.1. The third-order valence-corrected chi connectivity index (χ3v) is 3.05. The van der Waals surface area contributed by atoms with Gasteiger partial charge in [-0.3, -0.25) is 4.79 Å². The minimum Gasteiger partial charge on any atom is -0.292 e. The van der Waals surface area contributed by atoms with Crippen molar-refractivity contribution in [3.63, 3.8) is 0 Å². The van der Waals surface area contributed by atoms with E-state index >= 15 is 0 Å². The fourth-order valence-corrected chi connectivity index (χ4v) is 2.06. The van der Waals surface area contributed by atoms with Crippen LogP contribution in [-0.2, 0) is 0 Å². The van der Waals surface area contributed by atoms with Gasteiger partial charge in [0.15, 0.2) is 11.7 Å². The van der Waals surface area contributed by atoms with Crippen molar-refractivity contribution in [1.82, 2.24) is 9.97 Å². The van der Waals surface area contributed by atoms with Crippen molar-refractivity contribution in [2.24, 2.45) is 0 Å². The summed E-state index contributed by atoms with van der Waals surface area (Å²) in [5.74, 6) is -0.678. The molecule has 1 aromatic heterocycles. The number of aromatic nitrogens is 2. The molecule has 4 nitrogen and oxygen atoms in total. The second kappa shape index (κ2) is 5.81. The summed E-state index contributed by atoms with van der Waals surface area (Å²) in [7, 11) is 0. The first kappa shape index (κ1) is 14.2. The van der Waals surface area contributed by atoms with Gasteiger partial charge in [-0.2, -0.15) is 5.26 Å². The third kappa shape index (κ3) is 3.01. The molecule has 0 bridgehead atoms. The van der Waals surface area contributed by atoms with Crippen LogP contribution in [0.5, 0.6) is 0 Å². The Hall–Kier alpha value is -2.25. The molecule has 5 heteroatoms. The van der Waals surface area contributed by atoms with Crippen LogP contribution < -0.4 is 0 Å². The van der Waals surface area contributed by atoms with Crippen LogP contribution in [0.2, 0.25) is 5.02 Å². The number of carbonyl (C=O) groups excluding carboxylic acids is 1. The predicted octanol–water partition coefficient (Wildman–Crippen LogP) is 3.24. The van der Waals surface area contributed by atoms with E-state index < -0.39 is 5.92 Å². The molecule has 0 saturated heterocycles. The number of rotatable bonds is 3. The van der Waals surface area contributed by atoms with Crippen LogP contribution in [0, 0.1) is 25.2 Å². The monoisotopic (exact) mass is 285 g/mol. The largest absolute Gasteiger partial charge is 0.292 e. The number of halogens is 1. The zero-order chi connectivity index (χ0) is 14.7. The van der Waals surface area contributed by atoms with Gasteiger partial charge in [0.2, 0.25) is 0 Å². The lowest BCUT2D eigenvalue weighted by Crippen LogP contribution is -2.14. The molecule has 0 fully saturated rings. The van der Waals surface area contributed by atoms with Crippen molar-refractivity contribution in [2.75, 3.05) is 0 Å². The van der Waals surface area contributed by atoms with Crippen LogP contribution in [0.1, 0.15) is 33.5 Å². The molecule has 20 heavy (non-hydrogen) atoms. The summed E-state index contributed by atoms with van der Waals surface area (Å²) in [6.07, 6.45) is 0. The highest BCUT2D eigenvalue weighted by molar-refractivity contribution is 6.30. The standard InChI is InChI=1S/C15H12ClN3O/c1-9-7-14(19-10(2)18-9)13(8-17)15(20)11-3-5-12(16)6-4-11/h3-7,13H,1-2H3. The van der Waals surface area contributed by atoms with Crippen LogP contribution in [0.25, 0.3) is 0 Å². The number of hydrogen-bond acceptors (Lipinski definition) is 4. The number of nitriles is 1. The van der Waals surface area contributed by atoms with Gasteiger partial charge in [0.25, 0.3) is 0 Å². The SMILES string of the molecule is Cc1cc(C(C#N)C(=O)c2ccc(Cl)cc2)nc(C)n1. The van der Waals surface area contributed by atoms with Crippen LogP contribution in [0.3, 0.4) is 0 Å². The fraction of sp³-hybridized carbons (Fsp3) is 0.200. The highest BCUT2D eigenvalue weighted by Crippen LogP contribution is 2.20. The summed E-state index contributed by atoms with van der Waals surface area (Å²) in [5.41, 5.74) is 1.60. The maximum atomic E-state index is 12.4.